The second-order valence-electron chi connectivity index (χ2n) is 6.48. The molecule has 1 aromatic heterocycles. The summed E-state index contributed by atoms with van der Waals surface area (Å²) in [4.78, 5) is 16.7. The van der Waals surface area contributed by atoms with Gasteiger partial charge in [0.05, 0.1) is 5.75 Å². The van der Waals surface area contributed by atoms with E-state index in [0.717, 1.165) is 44.8 Å². The molecule has 0 atom stereocenters. The lowest BCUT2D eigenvalue weighted by atomic mass is 10.2. The first-order valence-electron chi connectivity index (χ1n) is 8.63. The minimum Gasteiger partial charge on any atom is -0.368 e. The van der Waals surface area contributed by atoms with Crippen LogP contribution in [0.1, 0.15) is 24.6 Å². The summed E-state index contributed by atoms with van der Waals surface area (Å²) in [6.07, 6.45) is 2.26. The molecule has 0 spiro atoms. The Morgan fingerprint density at radius 2 is 1.84 bits per heavy atom. The van der Waals surface area contributed by atoms with E-state index >= 15 is 0 Å². The second kappa shape index (κ2) is 6.95. The van der Waals surface area contributed by atoms with Crippen molar-refractivity contribution in [1.82, 2.24) is 19.8 Å². The fourth-order valence-corrected chi connectivity index (χ4v) is 3.84. The fraction of sp³-hybridized carbons (Fsp3) is 0.471. The van der Waals surface area contributed by atoms with Crippen molar-refractivity contribution < 1.29 is 4.79 Å². The molecule has 1 aromatic carbocycles. The molecular weight excluding hydrogens is 336 g/mol. The van der Waals surface area contributed by atoms with Crippen molar-refractivity contribution in [2.24, 2.45) is 0 Å². The van der Waals surface area contributed by atoms with Gasteiger partial charge in [0.2, 0.25) is 11.1 Å². The Morgan fingerprint density at radius 1 is 1.12 bits per heavy atom. The molecule has 1 saturated carbocycles. The predicted molar refractivity (Wildman–Crippen MR) is 98.1 cm³/mol. The molecule has 7 nitrogen and oxygen atoms in total. The van der Waals surface area contributed by atoms with E-state index in [-0.39, 0.29) is 5.91 Å². The molecule has 2 aliphatic rings. The van der Waals surface area contributed by atoms with Gasteiger partial charge in [-0.25, -0.2) is 4.68 Å². The first kappa shape index (κ1) is 16.3. The lowest BCUT2D eigenvalue weighted by Gasteiger charge is -2.36. The molecule has 1 saturated heterocycles. The Morgan fingerprint density at radius 3 is 2.52 bits per heavy atom. The van der Waals surface area contributed by atoms with Gasteiger partial charge in [-0.2, -0.15) is 0 Å². The summed E-state index contributed by atoms with van der Waals surface area (Å²) in [6.45, 7) is 3.21. The molecule has 0 radical (unpaired) electrons. The van der Waals surface area contributed by atoms with E-state index in [0.29, 0.717) is 16.8 Å². The SMILES string of the molecule is Nn1c(SCC(=O)N2CCN(c3ccccc3)CC2)nnc1C1CC1. The van der Waals surface area contributed by atoms with Gasteiger partial charge in [0, 0.05) is 37.8 Å². The summed E-state index contributed by atoms with van der Waals surface area (Å²) >= 11 is 1.37. The standard InChI is InChI=1S/C17H22N6OS/c18-23-16(13-6-7-13)19-20-17(23)25-12-15(24)22-10-8-21(9-11-22)14-4-2-1-3-5-14/h1-5,13H,6-12,18H2. The quantitative estimate of drug-likeness (QED) is 0.641. The van der Waals surface area contributed by atoms with E-state index < -0.39 is 0 Å². The van der Waals surface area contributed by atoms with Gasteiger partial charge in [-0.05, 0) is 25.0 Å². The summed E-state index contributed by atoms with van der Waals surface area (Å²) in [6, 6.07) is 10.3. The summed E-state index contributed by atoms with van der Waals surface area (Å²) in [5.74, 6) is 7.81. The lowest BCUT2D eigenvalue weighted by molar-refractivity contribution is -0.128. The van der Waals surface area contributed by atoms with Crippen molar-refractivity contribution in [3.8, 4) is 0 Å². The van der Waals surface area contributed by atoms with Crippen molar-refractivity contribution in [2.75, 3.05) is 42.7 Å². The van der Waals surface area contributed by atoms with Gasteiger partial charge in [0.15, 0.2) is 5.82 Å². The predicted octanol–water partition coefficient (Wildman–Crippen LogP) is 1.31. The number of aromatic nitrogens is 3. The number of nitrogen functional groups attached to an aromatic ring is 1. The Labute approximate surface area is 151 Å². The minimum atomic E-state index is 0.133. The number of nitrogens with zero attached hydrogens (tertiary/aromatic N) is 5. The molecule has 4 rings (SSSR count). The van der Waals surface area contributed by atoms with Crippen molar-refractivity contribution >= 4 is 23.4 Å². The van der Waals surface area contributed by atoms with Crippen LogP contribution in [0.25, 0.3) is 0 Å². The average Bonchev–Trinajstić information content (AvgIpc) is 3.44. The third kappa shape index (κ3) is 3.58. The summed E-state index contributed by atoms with van der Waals surface area (Å²) in [7, 11) is 0. The molecule has 132 valence electrons. The van der Waals surface area contributed by atoms with Crippen molar-refractivity contribution in [3.05, 3.63) is 36.2 Å². The highest BCUT2D eigenvalue weighted by atomic mass is 32.2. The van der Waals surface area contributed by atoms with Crippen LogP contribution in [-0.2, 0) is 4.79 Å². The van der Waals surface area contributed by atoms with Crippen LogP contribution in [0, 0.1) is 0 Å². The Bertz CT molecular complexity index is 737. The van der Waals surface area contributed by atoms with Crippen LogP contribution in [0.4, 0.5) is 5.69 Å². The zero-order valence-corrected chi connectivity index (χ0v) is 14.9. The fourth-order valence-electron chi connectivity index (χ4n) is 3.08. The van der Waals surface area contributed by atoms with E-state index in [1.165, 1.54) is 17.4 Å². The van der Waals surface area contributed by atoms with Gasteiger partial charge in [0.1, 0.15) is 0 Å². The number of carbonyl (C=O) groups excluding carboxylic acids is 1. The van der Waals surface area contributed by atoms with Crippen molar-refractivity contribution in [2.45, 2.75) is 23.9 Å². The number of thioether (sulfide) groups is 1. The zero-order chi connectivity index (χ0) is 17.2. The van der Waals surface area contributed by atoms with Crippen molar-refractivity contribution in [3.63, 3.8) is 0 Å². The van der Waals surface area contributed by atoms with Gasteiger partial charge < -0.3 is 15.6 Å². The molecule has 25 heavy (non-hydrogen) atoms. The monoisotopic (exact) mass is 358 g/mol. The highest BCUT2D eigenvalue weighted by molar-refractivity contribution is 7.99. The van der Waals surface area contributed by atoms with E-state index in [4.69, 9.17) is 5.84 Å². The van der Waals surface area contributed by atoms with Gasteiger partial charge in [-0.15, -0.1) is 10.2 Å². The molecule has 2 aromatic rings. The minimum absolute atomic E-state index is 0.133. The molecule has 1 aliphatic carbocycles. The molecule has 2 fully saturated rings. The third-order valence-electron chi connectivity index (χ3n) is 4.71. The maximum Gasteiger partial charge on any atom is 0.233 e. The number of hydrogen-bond donors (Lipinski definition) is 1. The molecule has 1 amide bonds. The molecule has 2 N–H and O–H groups in total. The summed E-state index contributed by atoms with van der Waals surface area (Å²) in [5.41, 5.74) is 1.22. The number of amides is 1. The van der Waals surface area contributed by atoms with E-state index in [2.05, 4.69) is 27.2 Å². The topological polar surface area (TPSA) is 80.3 Å². The second-order valence-corrected chi connectivity index (χ2v) is 7.42. The smallest absolute Gasteiger partial charge is 0.233 e. The van der Waals surface area contributed by atoms with E-state index in [1.807, 2.05) is 23.1 Å². The molecule has 0 unspecified atom stereocenters. The normalized spacial score (nSPS) is 17.8. The molecule has 2 heterocycles. The van der Waals surface area contributed by atoms with Gasteiger partial charge in [0.25, 0.3) is 0 Å². The number of para-hydroxylation sites is 1. The molecule has 0 bridgehead atoms. The first-order chi connectivity index (χ1) is 12.2. The summed E-state index contributed by atoms with van der Waals surface area (Å²) < 4.78 is 1.54. The zero-order valence-electron chi connectivity index (χ0n) is 14.0. The average molecular weight is 358 g/mol. The van der Waals surface area contributed by atoms with Crippen LogP contribution in [0.2, 0.25) is 0 Å². The van der Waals surface area contributed by atoms with Crippen molar-refractivity contribution in [1.29, 1.82) is 0 Å². The third-order valence-corrected chi connectivity index (χ3v) is 5.64. The van der Waals surface area contributed by atoms with Gasteiger partial charge >= 0.3 is 0 Å². The Balaban J connectivity index is 1.28. The van der Waals surface area contributed by atoms with Crippen LogP contribution in [0.5, 0.6) is 0 Å². The van der Waals surface area contributed by atoms with Crippen LogP contribution < -0.4 is 10.7 Å². The lowest BCUT2D eigenvalue weighted by Crippen LogP contribution is -2.49. The highest BCUT2D eigenvalue weighted by Crippen LogP contribution is 2.39. The largest absolute Gasteiger partial charge is 0.368 e. The first-order valence-corrected chi connectivity index (χ1v) is 9.62. The van der Waals surface area contributed by atoms with Gasteiger partial charge in [-0.3, -0.25) is 4.79 Å². The molecule has 1 aliphatic heterocycles. The number of carbonyl (C=O) groups is 1. The summed E-state index contributed by atoms with van der Waals surface area (Å²) in [5, 5.41) is 8.89. The Kier molecular flexibility index (Phi) is 4.52. The maximum atomic E-state index is 12.5. The number of anilines is 1. The van der Waals surface area contributed by atoms with E-state index in [9.17, 15) is 4.79 Å². The number of hydrogen-bond acceptors (Lipinski definition) is 6. The number of piperazine rings is 1. The van der Waals surface area contributed by atoms with Crippen LogP contribution in [0.3, 0.4) is 0 Å². The molecule has 8 heteroatoms. The highest BCUT2D eigenvalue weighted by Gasteiger charge is 2.30. The Hall–Kier alpha value is -2.22. The maximum absolute atomic E-state index is 12.5. The van der Waals surface area contributed by atoms with Crippen LogP contribution in [-0.4, -0.2) is 57.6 Å². The van der Waals surface area contributed by atoms with Crippen LogP contribution >= 0.6 is 11.8 Å². The number of benzene rings is 1. The number of nitrogens with two attached hydrogens (primary N) is 1. The van der Waals surface area contributed by atoms with Crippen LogP contribution in [0.15, 0.2) is 35.5 Å². The number of rotatable bonds is 5. The van der Waals surface area contributed by atoms with E-state index in [1.54, 1.807) is 4.68 Å². The van der Waals surface area contributed by atoms with Gasteiger partial charge in [-0.1, -0.05) is 30.0 Å². The molecular formula is C17H22N6OS.